The smallest absolute Gasteiger partial charge is 0.181 e. The van der Waals surface area contributed by atoms with Crippen molar-refractivity contribution >= 4 is 17.7 Å². The molecule has 162 valence electrons. The van der Waals surface area contributed by atoms with Crippen LogP contribution in [0, 0.1) is 12.8 Å². The zero-order valence-electron chi connectivity index (χ0n) is 17.7. The minimum absolute atomic E-state index is 0.175. The molecule has 4 rings (SSSR count). The first-order valence-electron chi connectivity index (χ1n) is 10.2. The van der Waals surface area contributed by atoms with Crippen molar-refractivity contribution in [1.82, 2.24) is 4.90 Å². The van der Waals surface area contributed by atoms with Crippen LogP contribution in [0.15, 0.2) is 70.8 Å². The molecule has 7 heteroatoms. The number of aliphatic imine (C=N–C) groups is 1. The Morgan fingerprint density at radius 1 is 1.35 bits per heavy atom. The molecular formula is C24H25F2N3O2. The second kappa shape index (κ2) is 8.59. The lowest BCUT2D eigenvalue weighted by molar-refractivity contribution is 0.0701. The number of aldehydes is 1. The van der Waals surface area contributed by atoms with Crippen molar-refractivity contribution < 1.29 is 18.3 Å². The van der Waals surface area contributed by atoms with E-state index in [1.54, 1.807) is 24.4 Å². The maximum Gasteiger partial charge on any atom is 0.181 e. The molecule has 0 aromatic heterocycles. The van der Waals surface area contributed by atoms with E-state index in [0.717, 1.165) is 23.2 Å². The maximum atomic E-state index is 14.8. The number of nitrogens with zero attached hydrogens (tertiary/aromatic N) is 2. The minimum atomic E-state index is -1.83. The maximum absolute atomic E-state index is 14.8. The molecule has 2 heterocycles. The Hall–Kier alpha value is -3.06. The second-order valence-corrected chi connectivity index (χ2v) is 7.94. The number of carbonyl (C=O) groups is 1. The van der Waals surface area contributed by atoms with Crippen LogP contribution >= 0.6 is 0 Å². The molecule has 1 aromatic carbocycles. The molecule has 0 saturated carbocycles. The normalized spacial score (nSPS) is 27.6. The van der Waals surface area contributed by atoms with Gasteiger partial charge >= 0.3 is 0 Å². The van der Waals surface area contributed by atoms with Crippen LogP contribution in [0.2, 0.25) is 0 Å². The third-order valence-corrected chi connectivity index (χ3v) is 6.01. The molecule has 3 aliphatic rings. The zero-order valence-corrected chi connectivity index (χ0v) is 17.7. The largest absolute Gasteiger partial charge is 0.374 e. The minimum Gasteiger partial charge on any atom is -0.374 e. The third kappa shape index (κ3) is 3.85. The number of methoxy groups -OCH3 is 1. The number of alkyl halides is 1. The summed E-state index contributed by atoms with van der Waals surface area (Å²) in [7, 11) is 3.30. The van der Waals surface area contributed by atoms with Gasteiger partial charge in [0.15, 0.2) is 6.17 Å². The van der Waals surface area contributed by atoms with Crippen molar-refractivity contribution in [3.8, 4) is 0 Å². The number of carbonyl (C=O) groups excluding carboxylic acids is 1. The van der Waals surface area contributed by atoms with E-state index in [9.17, 15) is 13.6 Å². The number of ether oxygens (including phenoxy) is 1. The number of hydrogen-bond acceptors (Lipinski definition) is 5. The zero-order chi connectivity index (χ0) is 22.1. The third-order valence-electron chi connectivity index (χ3n) is 6.01. The van der Waals surface area contributed by atoms with Crippen LogP contribution in [-0.4, -0.2) is 49.5 Å². The number of anilines is 1. The summed E-state index contributed by atoms with van der Waals surface area (Å²) in [5.41, 5.74) is 4.10. The molecule has 1 N–H and O–H groups in total. The Bertz CT molecular complexity index is 1040. The molecule has 31 heavy (non-hydrogen) atoms. The van der Waals surface area contributed by atoms with Gasteiger partial charge in [0, 0.05) is 43.1 Å². The van der Waals surface area contributed by atoms with Gasteiger partial charge in [0.05, 0.1) is 5.71 Å². The van der Waals surface area contributed by atoms with E-state index in [0.29, 0.717) is 17.6 Å². The van der Waals surface area contributed by atoms with E-state index in [-0.39, 0.29) is 17.7 Å². The number of benzene rings is 1. The summed E-state index contributed by atoms with van der Waals surface area (Å²) < 4.78 is 34.3. The quantitative estimate of drug-likeness (QED) is 0.706. The van der Waals surface area contributed by atoms with E-state index in [4.69, 9.17) is 4.74 Å². The first kappa shape index (κ1) is 21.2. The van der Waals surface area contributed by atoms with Gasteiger partial charge in [-0.05, 0) is 48.9 Å². The van der Waals surface area contributed by atoms with Crippen LogP contribution in [0.1, 0.15) is 22.3 Å². The number of fused-ring (bicyclic) bond motifs is 1. The summed E-state index contributed by atoms with van der Waals surface area (Å²) in [6, 6.07) is 5.54. The van der Waals surface area contributed by atoms with Gasteiger partial charge in [-0.15, -0.1) is 0 Å². The Kier molecular flexibility index (Phi) is 5.87. The fraction of sp³-hybridized carbons (Fsp3) is 0.333. The Balaban J connectivity index is 1.61. The van der Waals surface area contributed by atoms with Crippen LogP contribution in [0.3, 0.4) is 0 Å². The molecule has 4 atom stereocenters. The van der Waals surface area contributed by atoms with E-state index in [1.807, 2.05) is 43.3 Å². The van der Waals surface area contributed by atoms with Gasteiger partial charge in [0.25, 0.3) is 0 Å². The molecule has 0 fully saturated rings. The van der Waals surface area contributed by atoms with Crippen LogP contribution in [-0.2, 0) is 4.74 Å². The van der Waals surface area contributed by atoms with Crippen LogP contribution in [0.4, 0.5) is 14.5 Å². The lowest BCUT2D eigenvalue weighted by Gasteiger charge is -2.30. The molecule has 0 bridgehead atoms. The van der Waals surface area contributed by atoms with Crippen molar-refractivity contribution in [3.63, 3.8) is 0 Å². The van der Waals surface area contributed by atoms with Crippen molar-refractivity contribution in [2.75, 3.05) is 19.5 Å². The summed E-state index contributed by atoms with van der Waals surface area (Å²) in [6.07, 6.45) is 7.20. The van der Waals surface area contributed by atoms with Crippen molar-refractivity contribution in [1.29, 1.82) is 0 Å². The van der Waals surface area contributed by atoms with Gasteiger partial charge in [-0.3, -0.25) is 9.79 Å². The van der Waals surface area contributed by atoms with Crippen molar-refractivity contribution in [3.05, 3.63) is 76.9 Å². The van der Waals surface area contributed by atoms with Gasteiger partial charge in [0.1, 0.15) is 24.4 Å². The highest BCUT2D eigenvalue weighted by atomic mass is 19.2. The average molecular weight is 425 g/mol. The SMILES string of the molecule is COC1C=CC(C2=CN=C3C2CC=CN(C)C3Nc2ccc(C=O)c(C)c2)=C(F)C1F. The van der Waals surface area contributed by atoms with Gasteiger partial charge in [-0.1, -0.05) is 18.2 Å². The molecular weight excluding hydrogens is 400 g/mol. The first-order valence-corrected chi connectivity index (χ1v) is 10.2. The highest BCUT2D eigenvalue weighted by molar-refractivity contribution is 5.99. The van der Waals surface area contributed by atoms with Gasteiger partial charge < -0.3 is 15.0 Å². The number of hydrogen-bond donors (Lipinski definition) is 1. The molecule has 5 nitrogen and oxygen atoms in total. The van der Waals surface area contributed by atoms with Crippen molar-refractivity contribution in [2.45, 2.75) is 31.8 Å². The van der Waals surface area contributed by atoms with E-state index < -0.39 is 18.1 Å². The molecule has 1 aliphatic carbocycles. The fourth-order valence-corrected chi connectivity index (χ4v) is 4.23. The van der Waals surface area contributed by atoms with Gasteiger partial charge in [-0.25, -0.2) is 8.78 Å². The first-order chi connectivity index (χ1) is 14.9. The summed E-state index contributed by atoms with van der Waals surface area (Å²) >= 11 is 0. The summed E-state index contributed by atoms with van der Waals surface area (Å²) in [5.74, 6) is -0.992. The predicted molar refractivity (Wildman–Crippen MR) is 117 cm³/mol. The summed E-state index contributed by atoms with van der Waals surface area (Å²) in [4.78, 5) is 17.7. The molecule has 0 amide bonds. The molecule has 2 aliphatic heterocycles. The highest BCUT2D eigenvalue weighted by Gasteiger charge is 2.38. The molecule has 0 spiro atoms. The van der Waals surface area contributed by atoms with Crippen LogP contribution in [0.5, 0.6) is 0 Å². The predicted octanol–water partition coefficient (Wildman–Crippen LogP) is 4.50. The van der Waals surface area contributed by atoms with E-state index in [1.165, 1.54) is 7.11 Å². The van der Waals surface area contributed by atoms with E-state index in [2.05, 4.69) is 10.3 Å². The van der Waals surface area contributed by atoms with Gasteiger partial charge in [0.2, 0.25) is 0 Å². The number of halogens is 2. The molecule has 0 radical (unpaired) electrons. The van der Waals surface area contributed by atoms with Gasteiger partial charge in [-0.2, -0.15) is 0 Å². The molecule has 0 saturated heterocycles. The number of nitrogens with one attached hydrogen (secondary N) is 1. The number of rotatable bonds is 5. The van der Waals surface area contributed by atoms with Crippen LogP contribution in [0.25, 0.3) is 0 Å². The number of allylic oxidation sites excluding steroid dienone is 4. The molecule has 1 aromatic rings. The van der Waals surface area contributed by atoms with Crippen molar-refractivity contribution in [2.24, 2.45) is 10.9 Å². The fourth-order valence-electron chi connectivity index (χ4n) is 4.23. The van der Waals surface area contributed by atoms with E-state index >= 15 is 0 Å². The Morgan fingerprint density at radius 3 is 2.87 bits per heavy atom. The average Bonchev–Trinajstić information content (AvgIpc) is 3.10. The molecule has 4 unspecified atom stereocenters. The summed E-state index contributed by atoms with van der Waals surface area (Å²) in [6.45, 7) is 1.88. The topological polar surface area (TPSA) is 53.9 Å². The second-order valence-electron chi connectivity index (χ2n) is 7.94. The van der Waals surface area contributed by atoms with Crippen LogP contribution < -0.4 is 5.32 Å². The summed E-state index contributed by atoms with van der Waals surface area (Å²) in [5, 5.41) is 3.47. The lowest BCUT2D eigenvalue weighted by Crippen LogP contribution is -2.43. The standard InChI is InChI=1S/C24H25F2N3O2/c1-14-11-16(7-6-15(14)13-30)28-24-23-18(5-4-10-29(24)2)19(12-27-23)17-8-9-20(31-3)22(26)21(17)25/h4,6-13,18,20,22,24,28H,5H2,1-3H3. The number of aryl methyl sites for hydroxylation is 1. The monoisotopic (exact) mass is 425 g/mol. The Morgan fingerprint density at radius 2 is 2.16 bits per heavy atom. The lowest BCUT2D eigenvalue weighted by atomic mass is 9.84. The highest BCUT2D eigenvalue weighted by Crippen LogP contribution is 2.39. The Labute approximate surface area is 180 Å².